The van der Waals surface area contributed by atoms with Gasteiger partial charge in [0.05, 0.1) is 0 Å². The van der Waals surface area contributed by atoms with Crippen LogP contribution >= 0.6 is 22.9 Å². The number of hydrogen-bond donors (Lipinski definition) is 2. The summed E-state index contributed by atoms with van der Waals surface area (Å²) in [6.07, 6.45) is 0. The highest BCUT2D eigenvalue weighted by Gasteiger charge is 2.14. The molecule has 3 aromatic carbocycles. The molecule has 0 atom stereocenters. The Balaban J connectivity index is 1.28. The number of benzene rings is 3. The third kappa shape index (κ3) is 6.40. The van der Waals surface area contributed by atoms with Crippen LogP contribution in [0.4, 0.5) is 5.69 Å². The number of carbonyl (C=O) groups is 2. The molecular weight excluding hydrogens is 472 g/mol. The first-order valence-electron chi connectivity index (χ1n) is 10.4. The van der Waals surface area contributed by atoms with Crippen molar-refractivity contribution < 1.29 is 14.3 Å². The second-order valence-electron chi connectivity index (χ2n) is 7.45. The number of ether oxygens (including phenoxy) is 1. The first-order chi connectivity index (χ1) is 16.5. The van der Waals surface area contributed by atoms with Crippen LogP contribution in [0.1, 0.15) is 36.3 Å². The van der Waals surface area contributed by atoms with Crippen molar-refractivity contribution >= 4 is 40.4 Å². The van der Waals surface area contributed by atoms with Crippen LogP contribution in [0.15, 0.2) is 72.8 Å². The van der Waals surface area contributed by atoms with Crippen molar-refractivity contribution in [1.82, 2.24) is 15.5 Å². The Morgan fingerprint density at radius 1 is 0.971 bits per heavy atom. The van der Waals surface area contributed by atoms with Crippen molar-refractivity contribution in [2.45, 2.75) is 20.1 Å². The molecule has 2 amide bonds. The number of halogens is 1. The normalized spacial score (nSPS) is 10.5. The molecule has 0 aliphatic heterocycles. The number of anilines is 1. The molecule has 1 heterocycles. The van der Waals surface area contributed by atoms with Gasteiger partial charge in [0.2, 0.25) is 5.01 Å². The molecule has 0 saturated carbocycles. The van der Waals surface area contributed by atoms with Crippen molar-refractivity contribution in [3.8, 4) is 5.75 Å². The lowest BCUT2D eigenvalue weighted by molar-refractivity contribution is 0.0950. The van der Waals surface area contributed by atoms with Crippen LogP contribution in [0.5, 0.6) is 5.75 Å². The Kier molecular flexibility index (Phi) is 7.51. The molecule has 0 spiro atoms. The summed E-state index contributed by atoms with van der Waals surface area (Å²) in [6, 6.07) is 21.6. The summed E-state index contributed by atoms with van der Waals surface area (Å²) < 4.78 is 5.63. The monoisotopic (exact) mass is 492 g/mol. The Morgan fingerprint density at radius 3 is 2.47 bits per heavy atom. The largest absolute Gasteiger partial charge is 0.486 e. The van der Waals surface area contributed by atoms with Gasteiger partial charge in [-0.15, -0.1) is 10.2 Å². The van der Waals surface area contributed by atoms with Gasteiger partial charge in [-0.1, -0.05) is 52.8 Å². The molecule has 0 bridgehead atoms. The van der Waals surface area contributed by atoms with E-state index >= 15 is 0 Å². The van der Waals surface area contributed by atoms with E-state index in [1.165, 1.54) is 0 Å². The summed E-state index contributed by atoms with van der Waals surface area (Å²) in [5, 5.41) is 15.0. The molecule has 0 aliphatic carbocycles. The fourth-order valence-electron chi connectivity index (χ4n) is 3.08. The Hall–Kier alpha value is -3.75. The van der Waals surface area contributed by atoms with E-state index < -0.39 is 0 Å². The third-order valence-corrected chi connectivity index (χ3v) is 5.93. The lowest BCUT2D eigenvalue weighted by atomic mass is 10.1. The van der Waals surface area contributed by atoms with Crippen LogP contribution < -0.4 is 15.4 Å². The van der Waals surface area contributed by atoms with E-state index in [9.17, 15) is 9.59 Å². The first kappa shape index (κ1) is 23.4. The highest BCUT2D eigenvalue weighted by molar-refractivity contribution is 7.13. The number of aryl methyl sites for hydroxylation is 1. The van der Waals surface area contributed by atoms with Gasteiger partial charge in [0, 0.05) is 22.8 Å². The standard InChI is InChI=1S/C25H21ClN4O3S/c1-16-3-2-4-17(13-16)14-27-23(31)18-5-9-20(10-6-18)28-24(32)25-30-29-22(34-25)15-33-21-11-7-19(26)8-12-21/h2-13H,14-15H2,1H3,(H,27,31)(H,28,32). The van der Waals surface area contributed by atoms with Crippen molar-refractivity contribution in [2.24, 2.45) is 0 Å². The van der Waals surface area contributed by atoms with Crippen LogP contribution in [-0.4, -0.2) is 22.0 Å². The zero-order valence-corrected chi connectivity index (χ0v) is 19.8. The van der Waals surface area contributed by atoms with E-state index in [1.54, 1.807) is 48.5 Å². The van der Waals surface area contributed by atoms with Gasteiger partial charge in [-0.25, -0.2) is 0 Å². The van der Waals surface area contributed by atoms with E-state index in [0.717, 1.165) is 22.5 Å². The Labute approximate surface area is 205 Å². The van der Waals surface area contributed by atoms with Crippen LogP contribution in [0.2, 0.25) is 5.02 Å². The quantitative estimate of drug-likeness (QED) is 0.350. The third-order valence-electron chi connectivity index (χ3n) is 4.78. The number of aromatic nitrogens is 2. The molecule has 4 aromatic rings. The molecule has 9 heteroatoms. The molecule has 172 valence electrons. The first-order valence-corrected chi connectivity index (χ1v) is 11.6. The molecule has 7 nitrogen and oxygen atoms in total. The van der Waals surface area contributed by atoms with Gasteiger partial charge in [0.25, 0.3) is 11.8 Å². The fraction of sp³-hybridized carbons (Fsp3) is 0.120. The maximum Gasteiger partial charge on any atom is 0.286 e. The topological polar surface area (TPSA) is 93.2 Å². The Morgan fingerprint density at radius 2 is 1.74 bits per heavy atom. The molecule has 0 radical (unpaired) electrons. The number of nitrogens with one attached hydrogen (secondary N) is 2. The zero-order chi connectivity index (χ0) is 23.9. The number of amides is 2. The second kappa shape index (κ2) is 10.9. The fourth-order valence-corrected chi connectivity index (χ4v) is 3.85. The Bertz CT molecular complexity index is 1290. The SMILES string of the molecule is Cc1cccc(CNC(=O)c2ccc(NC(=O)c3nnc(COc4ccc(Cl)cc4)s3)cc2)c1. The zero-order valence-electron chi connectivity index (χ0n) is 18.2. The molecule has 2 N–H and O–H groups in total. The minimum absolute atomic E-state index is 0.186. The van der Waals surface area contributed by atoms with Gasteiger partial charge in [-0.05, 0) is 61.0 Å². The molecule has 0 aliphatic rings. The van der Waals surface area contributed by atoms with Gasteiger partial charge in [-0.2, -0.15) is 0 Å². The minimum Gasteiger partial charge on any atom is -0.486 e. The maximum atomic E-state index is 12.5. The summed E-state index contributed by atoms with van der Waals surface area (Å²) >= 11 is 7.01. The van der Waals surface area contributed by atoms with E-state index in [4.69, 9.17) is 16.3 Å². The smallest absolute Gasteiger partial charge is 0.286 e. The van der Waals surface area contributed by atoms with Gasteiger partial charge in [0.1, 0.15) is 12.4 Å². The molecular formula is C25H21ClN4O3S. The van der Waals surface area contributed by atoms with Crippen molar-refractivity contribution in [3.05, 3.63) is 105 Å². The summed E-state index contributed by atoms with van der Waals surface area (Å²) in [7, 11) is 0. The van der Waals surface area contributed by atoms with Crippen LogP contribution in [-0.2, 0) is 13.2 Å². The van der Waals surface area contributed by atoms with E-state index in [0.29, 0.717) is 33.6 Å². The van der Waals surface area contributed by atoms with Crippen molar-refractivity contribution in [3.63, 3.8) is 0 Å². The molecule has 1 aromatic heterocycles. The number of nitrogens with zero attached hydrogens (tertiary/aromatic N) is 2. The van der Waals surface area contributed by atoms with Crippen LogP contribution in [0.25, 0.3) is 0 Å². The lowest BCUT2D eigenvalue weighted by Crippen LogP contribution is -2.22. The number of hydrogen-bond acceptors (Lipinski definition) is 6. The summed E-state index contributed by atoms with van der Waals surface area (Å²) in [6.45, 7) is 2.65. The molecule has 0 saturated heterocycles. The molecule has 0 unspecified atom stereocenters. The highest BCUT2D eigenvalue weighted by Crippen LogP contribution is 2.19. The molecule has 34 heavy (non-hydrogen) atoms. The van der Waals surface area contributed by atoms with Crippen molar-refractivity contribution in [2.75, 3.05) is 5.32 Å². The van der Waals surface area contributed by atoms with Gasteiger partial charge >= 0.3 is 0 Å². The van der Waals surface area contributed by atoms with Crippen LogP contribution in [0.3, 0.4) is 0 Å². The summed E-state index contributed by atoms with van der Waals surface area (Å²) in [5.41, 5.74) is 3.23. The highest BCUT2D eigenvalue weighted by atomic mass is 35.5. The van der Waals surface area contributed by atoms with E-state index in [1.807, 2.05) is 31.2 Å². The van der Waals surface area contributed by atoms with Crippen LogP contribution in [0, 0.1) is 6.92 Å². The van der Waals surface area contributed by atoms with E-state index in [-0.39, 0.29) is 23.4 Å². The predicted molar refractivity (Wildman–Crippen MR) is 132 cm³/mol. The predicted octanol–water partition coefficient (Wildman–Crippen LogP) is 5.26. The second-order valence-corrected chi connectivity index (χ2v) is 8.95. The minimum atomic E-state index is -0.383. The van der Waals surface area contributed by atoms with E-state index in [2.05, 4.69) is 20.8 Å². The van der Waals surface area contributed by atoms with Gasteiger partial charge in [-0.3, -0.25) is 9.59 Å². The number of rotatable bonds is 8. The molecule has 0 fully saturated rings. The van der Waals surface area contributed by atoms with Gasteiger partial charge < -0.3 is 15.4 Å². The number of carbonyl (C=O) groups excluding carboxylic acids is 2. The summed E-state index contributed by atoms with van der Waals surface area (Å²) in [5.74, 6) is 0.0781. The average Bonchev–Trinajstić information content (AvgIpc) is 3.32. The lowest BCUT2D eigenvalue weighted by Gasteiger charge is -2.07. The molecule has 4 rings (SSSR count). The summed E-state index contributed by atoms with van der Waals surface area (Å²) in [4.78, 5) is 24.9. The average molecular weight is 493 g/mol. The van der Waals surface area contributed by atoms with Crippen molar-refractivity contribution in [1.29, 1.82) is 0 Å². The van der Waals surface area contributed by atoms with Gasteiger partial charge in [0.15, 0.2) is 5.01 Å². The maximum absolute atomic E-state index is 12.5.